The van der Waals surface area contributed by atoms with Crippen LogP contribution < -0.4 is 5.32 Å². The van der Waals surface area contributed by atoms with Crippen molar-refractivity contribution in [2.45, 2.75) is 39.1 Å². The third-order valence-electron chi connectivity index (χ3n) is 5.61. The molecule has 0 spiro atoms. The van der Waals surface area contributed by atoms with Crippen LogP contribution >= 0.6 is 0 Å². The molecule has 1 N–H and O–H groups in total. The first-order chi connectivity index (χ1) is 16.8. The highest BCUT2D eigenvalue weighted by Crippen LogP contribution is 2.15. The van der Waals surface area contributed by atoms with E-state index in [1.165, 1.54) is 10.5 Å². The summed E-state index contributed by atoms with van der Waals surface area (Å²) in [5, 5.41) is 2.66. The lowest BCUT2D eigenvalue weighted by Crippen LogP contribution is -2.57. The maximum Gasteiger partial charge on any atom is 0.303 e. The van der Waals surface area contributed by atoms with Crippen LogP contribution in [0.25, 0.3) is 0 Å². The van der Waals surface area contributed by atoms with Gasteiger partial charge in [-0.1, -0.05) is 60.7 Å². The first-order valence-corrected chi connectivity index (χ1v) is 11.5. The highest BCUT2D eigenvalue weighted by atomic mass is 16.6. The maximum atomic E-state index is 13.4. The standard InChI is InChI=1S/C26H31N3O6/c1-19(30)34-23(25(32)27-17-21-9-5-3-6-10-21)24(35-20(2)31)26(33)29-15-13-28(14-16-29)18-22-11-7-4-8-12-22/h3-12,23-24H,13-18H2,1-2H3,(H,27,32)/t23-,24-/m1/s1. The van der Waals surface area contributed by atoms with Crippen molar-refractivity contribution in [1.82, 2.24) is 15.1 Å². The fraction of sp³-hybridized carbons (Fsp3) is 0.385. The van der Waals surface area contributed by atoms with Crippen molar-refractivity contribution in [2.75, 3.05) is 26.2 Å². The monoisotopic (exact) mass is 481 g/mol. The molecule has 2 aromatic carbocycles. The van der Waals surface area contributed by atoms with Crippen LogP contribution in [0.4, 0.5) is 0 Å². The largest absolute Gasteiger partial charge is 0.448 e. The molecule has 2 aromatic rings. The number of hydrogen-bond donors (Lipinski definition) is 1. The zero-order chi connectivity index (χ0) is 25.2. The number of benzene rings is 2. The third-order valence-corrected chi connectivity index (χ3v) is 5.61. The molecule has 3 rings (SSSR count). The molecule has 1 aliphatic heterocycles. The summed E-state index contributed by atoms with van der Waals surface area (Å²) >= 11 is 0. The van der Waals surface area contributed by atoms with Gasteiger partial charge in [0.05, 0.1) is 0 Å². The van der Waals surface area contributed by atoms with Crippen molar-refractivity contribution < 1.29 is 28.7 Å². The van der Waals surface area contributed by atoms with Crippen LogP contribution in [-0.2, 0) is 41.7 Å². The topological polar surface area (TPSA) is 105 Å². The van der Waals surface area contributed by atoms with Crippen molar-refractivity contribution in [3.63, 3.8) is 0 Å². The Morgan fingerprint density at radius 3 is 1.83 bits per heavy atom. The minimum Gasteiger partial charge on any atom is -0.448 e. The summed E-state index contributed by atoms with van der Waals surface area (Å²) in [6, 6.07) is 19.2. The van der Waals surface area contributed by atoms with Gasteiger partial charge in [-0.3, -0.25) is 24.1 Å². The van der Waals surface area contributed by atoms with E-state index < -0.39 is 36.0 Å². The Bertz CT molecular complexity index is 1010. The summed E-state index contributed by atoms with van der Waals surface area (Å²) in [6.07, 6.45) is -3.18. The SMILES string of the molecule is CC(=O)O[C@@H](C(=O)NCc1ccccc1)[C@@H](OC(C)=O)C(=O)N1CCN(Cc2ccccc2)CC1. The summed E-state index contributed by atoms with van der Waals surface area (Å²) < 4.78 is 10.4. The molecule has 2 atom stereocenters. The van der Waals surface area contributed by atoms with Crippen molar-refractivity contribution in [2.24, 2.45) is 0 Å². The van der Waals surface area contributed by atoms with Gasteiger partial charge in [0.15, 0.2) is 0 Å². The van der Waals surface area contributed by atoms with Crippen molar-refractivity contribution in [3.05, 3.63) is 71.8 Å². The molecule has 1 aliphatic rings. The normalized spacial score (nSPS) is 15.5. The van der Waals surface area contributed by atoms with Gasteiger partial charge in [-0.2, -0.15) is 0 Å². The predicted molar refractivity (Wildman–Crippen MR) is 128 cm³/mol. The molecule has 35 heavy (non-hydrogen) atoms. The number of nitrogens with one attached hydrogen (secondary N) is 1. The first kappa shape index (κ1) is 25.9. The van der Waals surface area contributed by atoms with E-state index >= 15 is 0 Å². The summed E-state index contributed by atoms with van der Waals surface area (Å²) in [7, 11) is 0. The minimum atomic E-state index is -1.60. The quantitative estimate of drug-likeness (QED) is 0.542. The zero-order valence-electron chi connectivity index (χ0n) is 20.0. The van der Waals surface area contributed by atoms with Crippen LogP contribution in [0.1, 0.15) is 25.0 Å². The van der Waals surface area contributed by atoms with Crippen molar-refractivity contribution in [3.8, 4) is 0 Å². The second kappa shape index (κ2) is 12.7. The van der Waals surface area contributed by atoms with Crippen LogP contribution in [-0.4, -0.2) is 71.9 Å². The minimum absolute atomic E-state index is 0.163. The Kier molecular flexibility index (Phi) is 9.37. The zero-order valence-corrected chi connectivity index (χ0v) is 20.0. The lowest BCUT2D eigenvalue weighted by Gasteiger charge is -2.37. The fourth-order valence-corrected chi connectivity index (χ4v) is 3.89. The van der Waals surface area contributed by atoms with Gasteiger partial charge in [0.1, 0.15) is 0 Å². The summed E-state index contributed by atoms with van der Waals surface area (Å²) in [4.78, 5) is 53.7. The molecule has 9 heteroatoms. The third kappa shape index (κ3) is 7.92. The van der Waals surface area contributed by atoms with E-state index in [9.17, 15) is 19.2 Å². The van der Waals surface area contributed by atoms with Crippen molar-refractivity contribution in [1.29, 1.82) is 0 Å². The van der Waals surface area contributed by atoms with E-state index in [2.05, 4.69) is 10.2 Å². The molecule has 0 aromatic heterocycles. The van der Waals surface area contributed by atoms with Crippen molar-refractivity contribution >= 4 is 23.8 Å². The maximum absolute atomic E-state index is 13.4. The lowest BCUT2D eigenvalue weighted by atomic mass is 10.1. The van der Waals surface area contributed by atoms with E-state index in [0.29, 0.717) is 26.2 Å². The van der Waals surface area contributed by atoms with Crippen LogP contribution in [0.2, 0.25) is 0 Å². The number of piperazine rings is 1. The van der Waals surface area contributed by atoms with Gasteiger partial charge >= 0.3 is 11.9 Å². The van der Waals surface area contributed by atoms with E-state index in [-0.39, 0.29) is 6.54 Å². The number of hydrogen-bond acceptors (Lipinski definition) is 7. The number of esters is 2. The van der Waals surface area contributed by atoms with Crippen LogP contribution in [0.15, 0.2) is 60.7 Å². The smallest absolute Gasteiger partial charge is 0.303 e. The molecule has 186 valence electrons. The Labute approximate surface area is 205 Å². The predicted octanol–water partition coefficient (Wildman–Crippen LogP) is 1.51. The van der Waals surface area contributed by atoms with Gasteiger partial charge in [-0.05, 0) is 11.1 Å². The highest BCUT2D eigenvalue weighted by molar-refractivity contribution is 5.93. The van der Waals surface area contributed by atoms with E-state index in [0.717, 1.165) is 26.0 Å². The molecule has 0 unspecified atom stereocenters. The lowest BCUT2D eigenvalue weighted by molar-refractivity contribution is -0.178. The summed E-state index contributed by atoms with van der Waals surface area (Å²) in [5.74, 6) is -2.80. The molecule has 0 bridgehead atoms. The Balaban J connectivity index is 1.68. The van der Waals surface area contributed by atoms with Crippen LogP contribution in [0, 0.1) is 0 Å². The number of ether oxygens (including phenoxy) is 2. The van der Waals surface area contributed by atoms with Crippen LogP contribution in [0.3, 0.4) is 0 Å². The Hall–Kier alpha value is -3.72. The van der Waals surface area contributed by atoms with E-state index in [1.807, 2.05) is 60.7 Å². The van der Waals surface area contributed by atoms with E-state index in [1.54, 1.807) is 0 Å². The molecular formula is C26H31N3O6. The van der Waals surface area contributed by atoms with Gasteiger partial charge in [0.25, 0.3) is 11.8 Å². The van der Waals surface area contributed by atoms with Gasteiger partial charge in [-0.15, -0.1) is 0 Å². The molecule has 2 amide bonds. The number of carbonyl (C=O) groups is 4. The average molecular weight is 482 g/mol. The Morgan fingerprint density at radius 2 is 1.29 bits per heavy atom. The van der Waals surface area contributed by atoms with Crippen LogP contribution in [0.5, 0.6) is 0 Å². The second-order valence-electron chi connectivity index (χ2n) is 8.35. The fourth-order valence-electron chi connectivity index (χ4n) is 3.89. The molecule has 0 aliphatic carbocycles. The molecular weight excluding hydrogens is 450 g/mol. The Morgan fingerprint density at radius 1 is 0.771 bits per heavy atom. The summed E-state index contributed by atoms with van der Waals surface area (Å²) in [5.41, 5.74) is 2.00. The first-order valence-electron chi connectivity index (χ1n) is 11.5. The molecule has 9 nitrogen and oxygen atoms in total. The molecule has 1 heterocycles. The summed E-state index contributed by atoms with van der Waals surface area (Å²) in [6.45, 7) is 5.21. The van der Waals surface area contributed by atoms with Gasteiger partial charge in [0, 0.05) is 53.1 Å². The van der Waals surface area contributed by atoms with Gasteiger partial charge in [0.2, 0.25) is 12.2 Å². The molecule has 1 fully saturated rings. The van der Waals surface area contributed by atoms with Gasteiger partial charge < -0.3 is 19.7 Å². The number of nitrogens with zero attached hydrogens (tertiary/aromatic N) is 2. The molecule has 0 saturated carbocycles. The second-order valence-corrected chi connectivity index (χ2v) is 8.35. The molecule has 1 saturated heterocycles. The highest BCUT2D eigenvalue weighted by Gasteiger charge is 2.42. The number of carbonyl (C=O) groups excluding carboxylic acids is 4. The average Bonchev–Trinajstić information content (AvgIpc) is 2.85. The van der Waals surface area contributed by atoms with Gasteiger partial charge in [-0.25, -0.2) is 0 Å². The number of rotatable bonds is 9. The number of amides is 2. The van der Waals surface area contributed by atoms with E-state index in [4.69, 9.17) is 9.47 Å². The molecule has 0 radical (unpaired) electrons.